The molecule has 0 radical (unpaired) electrons. The minimum atomic E-state index is -0.507. The molecule has 1 atom stereocenters. The summed E-state index contributed by atoms with van der Waals surface area (Å²) < 4.78 is 1.56. The average molecular weight is 278 g/mol. The molecule has 6 heteroatoms. The largest absolute Gasteiger partial charge is 0.335 e. The predicted octanol–water partition coefficient (Wildman–Crippen LogP) is 0.801. The third kappa shape index (κ3) is 5.17. The molecule has 0 bridgehead atoms. The summed E-state index contributed by atoms with van der Waals surface area (Å²) in [6, 6.07) is 2.86. The van der Waals surface area contributed by atoms with Crippen molar-refractivity contribution in [2.45, 2.75) is 39.8 Å². The van der Waals surface area contributed by atoms with E-state index < -0.39 is 11.9 Å². The van der Waals surface area contributed by atoms with Crippen molar-refractivity contribution in [1.29, 1.82) is 0 Å². The number of imide groups is 1. The summed E-state index contributed by atoms with van der Waals surface area (Å²) in [6.45, 7) is 5.24. The standard InChI is InChI=1S/C14H19N3O3/c1-4-10(2)15-14(20)16-13(19)9-17-7-5-6-12(8-17)11(3)18/h5-8,10H,4,9H2,1-3H3,(H-,15,16,19,20)/p+1/t10-/m1/s1. The third-order valence-corrected chi connectivity index (χ3v) is 2.83. The van der Waals surface area contributed by atoms with Crippen LogP contribution in [-0.2, 0) is 11.3 Å². The van der Waals surface area contributed by atoms with Crippen LogP contribution in [0.4, 0.5) is 4.79 Å². The molecule has 0 saturated carbocycles. The number of nitrogens with zero attached hydrogens (tertiary/aromatic N) is 1. The van der Waals surface area contributed by atoms with Crippen molar-refractivity contribution in [3.63, 3.8) is 0 Å². The zero-order chi connectivity index (χ0) is 15.1. The van der Waals surface area contributed by atoms with Crippen LogP contribution in [0, 0.1) is 0 Å². The Morgan fingerprint density at radius 3 is 2.65 bits per heavy atom. The van der Waals surface area contributed by atoms with E-state index in [1.165, 1.54) is 6.92 Å². The maximum absolute atomic E-state index is 11.7. The van der Waals surface area contributed by atoms with E-state index >= 15 is 0 Å². The van der Waals surface area contributed by atoms with Crippen LogP contribution < -0.4 is 15.2 Å². The molecule has 0 spiro atoms. The summed E-state index contributed by atoms with van der Waals surface area (Å²) in [5, 5.41) is 4.89. The molecule has 0 unspecified atom stereocenters. The minimum absolute atomic E-state index is 0.0106. The van der Waals surface area contributed by atoms with Gasteiger partial charge >= 0.3 is 6.03 Å². The highest BCUT2D eigenvalue weighted by Crippen LogP contribution is 1.94. The van der Waals surface area contributed by atoms with Crippen LogP contribution >= 0.6 is 0 Å². The molecule has 0 aliphatic heterocycles. The molecule has 0 aromatic carbocycles. The fourth-order valence-corrected chi connectivity index (χ4v) is 1.52. The topological polar surface area (TPSA) is 79.2 Å². The number of urea groups is 1. The lowest BCUT2D eigenvalue weighted by molar-refractivity contribution is -0.684. The number of aromatic nitrogens is 1. The van der Waals surface area contributed by atoms with Crippen LogP contribution in [0.3, 0.4) is 0 Å². The van der Waals surface area contributed by atoms with Gasteiger partial charge in [0.15, 0.2) is 18.2 Å². The lowest BCUT2D eigenvalue weighted by atomic mass is 10.2. The first-order valence-electron chi connectivity index (χ1n) is 6.52. The summed E-state index contributed by atoms with van der Waals surface area (Å²) in [5.74, 6) is -0.509. The second kappa shape index (κ2) is 7.37. The molecule has 6 nitrogen and oxygen atoms in total. The highest BCUT2D eigenvalue weighted by molar-refractivity contribution is 5.94. The van der Waals surface area contributed by atoms with Gasteiger partial charge < -0.3 is 5.32 Å². The number of amides is 3. The molecule has 0 saturated heterocycles. The minimum Gasteiger partial charge on any atom is -0.335 e. The first-order chi connectivity index (χ1) is 9.42. The molecule has 108 valence electrons. The Balaban J connectivity index is 2.56. The van der Waals surface area contributed by atoms with Crippen molar-refractivity contribution in [2.24, 2.45) is 0 Å². The zero-order valence-corrected chi connectivity index (χ0v) is 12.0. The summed E-state index contributed by atoms with van der Waals surface area (Å²) in [7, 11) is 0. The number of carbonyl (C=O) groups is 3. The van der Waals surface area contributed by atoms with Gasteiger partial charge in [0.1, 0.15) is 0 Å². The molecule has 1 aromatic rings. The van der Waals surface area contributed by atoms with Crippen LogP contribution in [0.1, 0.15) is 37.6 Å². The number of pyridine rings is 1. The number of rotatable bonds is 5. The first kappa shape index (κ1) is 15.8. The number of carbonyl (C=O) groups excluding carboxylic acids is 3. The SMILES string of the molecule is CC[C@@H](C)NC(=O)NC(=O)C[n+]1cccc(C(C)=O)c1. The van der Waals surface area contributed by atoms with Gasteiger partial charge in [-0.3, -0.25) is 14.9 Å². The Morgan fingerprint density at radius 2 is 2.05 bits per heavy atom. The highest BCUT2D eigenvalue weighted by Gasteiger charge is 2.15. The molecule has 2 N–H and O–H groups in total. The Bertz CT molecular complexity index is 514. The molecule has 20 heavy (non-hydrogen) atoms. The van der Waals surface area contributed by atoms with Crippen LogP contribution in [0.2, 0.25) is 0 Å². The van der Waals surface area contributed by atoms with E-state index in [2.05, 4.69) is 10.6 Å². The van der Waals surface area contributed by atoms with Crippen molar-refractivity contribution in [2.75, 3.05) is 0 Å². The molecular formula is C14H20N3O3+. The van der Waals surface area contributed by atoms with Crippen molar-refractivity contribution < 1.29 is 19.0 Å². The maximum atomic E-state index is 11.7. The zero-order valence-electron chi connectivity index (χ0n) is 12.0. The monoisotopic (exact) mass is 278 g/mol. The molecular weight excluding hydrogens is 258 g/mol. The van der Waals surface area contributed by atoms with Gasteiger partial charge in [-0.25, -0.2) is 4.79 Å². The van der Waals surface area contributed by atoms with Gasteiger partial charge in [0.2, 0.25) is 6.54 Å². The van der Waals surface area contributed by atoms with Gasteiger partial charge in [0.05, 0.1) is 5.56 Å². The van der Waals surface area contributed by atoms with Gasteiger partial charge in [0.25, 0.3) is 5.91 Å². The van der Waals surface area contributed by atoms with Crippen LogP contribution in [-0.4, -0.2) is 23.8 Å². The summed E-state index contributed by atoms with van der Waals surface area (Å²) >= 11 is 0. The molecule has 0 fully saturated rings. The Morgan fingerprint density at radius 1 is 1.35 bits per heavy atom. The molecule has 1 heterocycles. The molecule has 3 amide bonds. The number of hydrogen-bond acceptors (Lipinski definition) is 3. The van der Waals surface area contributed by atoms with Gasteiger partial charge in [-0.1, -0.05) is 6.92 Å². The van der Waals surface area contributed by atoms with Gasteiger partial charge in [-0.2, -0.15) is 4.57 Å². The van der Waals surface area contributed by atoms with Gasteiger partial charge in [-0.05, 0) is 26.3 Å². The predicted molar refractivity (Wildman–Crippen MR) is 73.1 cm³/mol. The van der Waals surface area contributed by atoms with Crippen molar-refractivity contribution in [3.8, 4) is 0 Å². The first-order valence-corrected chi connectivity index (χ1v) is 6.52. The van der Waals surface area contributed by atoms with E-state index in [-0.39, 0.29) is 18.4 Å². The Hall–Kier alpha value is -2.24. The summed E-state index contributed by atoms with van der Waals surface area (Å²) in [5.41, 5.74) is 0.518. The Kier molecular flexibility index (Phi) is 5.83. The van der Waals surface area contributed by atoms with E-state index in [9.17, 15) is 14.4 Å². The smallest absolute Gasteiger partial charge is 0.321 e. The maximum Gasteiger partial charge on any atom is 0.321 e. The van der Waals surface area contributed by atoms with E-state index in [4.69, 9.17) is 0 Å². The molecule has 0 aliphatic rings. The quantitative estimate of drug-likeness (QED) is 0.617. The van der Waals surface area contributed by atoms with E-state index in [1.54, 1.807) is 29.1 Å². The van der Waals surface area contributed by atoms with Crippen molar-refractivity contribution in [3.05, 3.63) is 30.1 Å². The van der Waals surface area contributed by atoms with Gasteiger partial charge in [0, 0.05) is 12.1 Å². The fourth-order valence-electron chi connectivity index (χ4n) is 1.52. The summed E-state index contributed by atoms with van der Waals surface area (Å²) in [6.07, 6.45) is 4.03. The summed E-state index contributed by atoms with van der Waals surface area (Å²) in [4.78, 5) is 34.4. The number of nitrogens with one attached hydrogen (secondary N) is 2. The van der Waals surface area contributed by atoms with Gasteiger partial charge in [-0.15, -0.1) is 0 Å². The normalized spacial score (nSPS) is 11.6. The third-order valence-electron chi connectivity index (χ3n) is 2.83. The second-order valence-electron chi connectivity index (χ2n) is 4.65. The second-order valence-corrected chi connectivity index (χ2v) is 4.65. The lowest BCUT2D eigenvalue weighted by Gasteiger charge is -2.10. The van der Waals surface area contributed by atoms with Crippen LogP contribution in [0.25, 0.3) is 0 Å². The lowest BCUT2D eigenvalue weighted by Crippen LogP contribution is -2.49. The number of Topliss-reactive ketones (excluding diaryl/α,β-unsaturated/α-hetero) is 1. The van der Waals surface area contributed by atoms with E-state index in [1.807, 2.05) is 13.8 Å². The van der Waals surface area contributed by atoms with Crippen molar-refractivity contribution >= 4 is 17.7 Å². The molecule has 0 aliphatic carbocycles. The van der Waals surface area contributed by atoms with Crippen LogP contribution in [0.15, 0.2) is 24.5 Å². The highest BCUT2D eigenvalue weighted by atomic mass is 16.2. The van der Waals surface area contributed by atoms with E-state index in [0.717, 1.165) is 6.42 Å². The molecule has 1 aromatic heterocycles. The van der Waals surface area contributed by atoms with Crippen molar-refractivity contribution in [1.82, 2.24) is 10.6 Å². The van der Waals surface area contributed by atoms with E-state index in [0.29, 0.717) is 5.56 Å². The molecule has 1 rings (SSSR count). The fraction of sp³-hybridized carbons (Fsp3) is 0.429. The Labute approximate surface area is 118 Å². The average Bonchev–Trinajstić information content (AvgIpc) is 2.38. The van der Waals surface area contributed by atoms with Crippen LogP contribution in [0.5, 0.6) is 0 Å². The number of ketones is 1. The number of hydrogen-bond donors (Lipinski definition) is 2.